The summed E-state index contributed by atoms with van der Waals surface area (Å²) in [5, 5.41) is 55.5. The summed E-state index contributed by atoms with van der Waals surface area (Å²) in [6.07, 6.45) is 21.2. The smallest absolute Gasteiger partial charge is 0.481 e. The van der Waals surface area contributed by atoms with Crippen LogP contribution in [0.25, 0.3) is 0 Å². The summed E-state index contributed by atoms with van der Waals surface area (Å²) in [6, 6.07) is 0. The lowest BCUT2D eigenvalue weighted by atomic mass is 10.1. The monoisotopic (exact) mass is 493 g/mol. The normalized spacial score (nSPS) is 10.6. The minimum Gasteiger partial charge on any atom is -0.481 e. The van der Waals surface area contributed by atoms with Crippen LogP contribution in [0.2, 0.25) is 0 Å². The van der Waals surface area contributed by atoms with Crippen LogP contribution >= 0.6 is 0 Å². The van der Waals surface area contributed by atoms with Crippen molar-refractivity contribution in [1.29, 1.82) is 0 Å². The Hall–Kier alpha value is -1.01. The minimum absolute atomic E-state index is 0.0694. The average Bonchev–Trinajstić information content (AvgIpc) is 2.77. The van der Waals surface area contributed by atoms with E-state index in [2.05, 4.69) is 19.1 Å². The fourth-order valence-corrected chi connectivity index (χ4v) is 3.11. The molecule has 10 heteroatoms. The molecule has 7 N–H and O–H groups in total. The molecule has 0 aliphatic rings. The number of allylic oxidation sites excluding steroid dienone is 2. The van der Waals surface area contributed by atoms with E-state index in [4.69, 9.17) is 35.5 Å². The van der Waals surface area contributed by atoms with E-state index >= 15 is 0 Å². The van der Waals surface area contributed by atoms with E-state index in [0.717, 1.165) is 12.8 Å². The maximum atomic E-state index is 10.3. The van der Waals surface area contributed by atoms with Gasteiger partial charge in [0.1, 0.15) is 0 Å². The molecule has 0 atom stereocenters. The van der Waals surface area contributed by atoms with Crippen molar-refractivity contribution in [2.45, 2.75) is 96.8 Å². The molecule has 204 valence electrons. The van der Waals surface area contributed by atoms with Crippen molar-refractivity contribution < 1.29 is 40.3 Å². The highest BCUT2D eigenvalue weighted by molar-refractivity contribution is 6.30. The summed E-state index contributed by atoms with van der Waals surface area (Å²) in [4.78, 5) is 12.1. The zero-order valence-corrected chi connectivity index (χ0v) is 21.4. The highest BCUT2D eigenvalue weighted by atomic mass is 16.5. The van der Waals surface area contributed by atoms with Crippen LogP contribution in [0.4, 0.5) is 0 Å². The first-order valence-electron chi connectivity index (χ1n) is 12.8. The largest absolute Gasteiger partial charge is 0.631 e. The molecule has 9 nitrogen and oxygen atoms in total. The first-order valence-corrected chi connectivity index (χ1v) is 12.8. The van der Waals surface area contributed by atoms with E-state index in [0.29, 0.717) is 26.1 Å². The molecule has 0 heterocycles. The van der Waals surface area contributed by atoms with Gasteiger partial charge in [-0.1, -0.05) is 70.4 Å². The second-order valence-corrected chi connectivity index (χ2v) is 8.09. The second-order valence-electron chi connectivity index (χ2n) is 8.09. The fraction of sp³-hybridized carbons (Fsp3) is 0.875. The third-order valence-corrected chi connectivity index (χ3v) is 4.90. The maximum Gasteiger partial charge on any atom is 0.631 e. The zero-order valence-electron chi connectivity index (χ0n) is 21.4. The van der Waals surface area contributed by atoms with Gasteiger partial charge in [0, 0.05) is 26.1 Å². The van der Waals surface area contributed by atoms with Gasteiger partial charge in [0.15, 0.2) is 0 Å². The van der Waals surface area contributed by atoms with Gasteiger partial charge in [-0.15, -0.1) is 0 Å². The lowest BCUT2D eigenvalue weighted by Gasteiger charge is -2.17. The van der Waals surface area contributed by atoms with Gasteiger partial charge in [-0.25, -0.2) is 0 Å². The Bertz CT molecular complexity index is 397. The van der Waals surface area contributed by atoms with Crippen LogP contribution in [0, 0.1) is 0 Å². The molecule has 0 fully saturated rings. The van der Waals surface area contributed by atoms with E-state index in [-0.39, 0.29) is 19.8 Å². The summed E-state index contributed by atoms with van der Waals surface area (Å²) in [6.45, 7) is 4.01. The average molecular weight is 493 g/mol. The molecule has 0 spiro atoms. The van der Waals surface area contributed by atoms with Gasteiger partial charge in [0.2, 0.25) is 0 Å². The molecule has 0 unspecified atom stereocenters. The number of rotatable bonds is 21. The maximum absolute atomic E-state index is 10.3. The Morgan fingerprint density at radius 2 is 1.03 bits per heavy atom. The number of unbranched alkanes of at least 4 members (excludes halogenated alkanes) is 11. The molecule has 0 bridgehead atoms. The predicted octanol–water partition coefficient (Wildman–Crippen LogP) is 2.32. The van der Waals surface area contributed by atoms with E-state index in [1.54, 1.807) is 4.90 Å². The first kappa shape index (κ1) is 37.5. The van der Waals surface area contributed by atoms with Crippen LogP contribution in [0.1, 0.15) is 96.8 Å². The van der Waals surface area contributed by atoms with Crippen LogP contribution in [0.5, 0.6) is 0 Å². The number of carbonyl (C=O) groups is 1. The van der Waals surface area contributed by atoms with Crippen LogP contribution in [-0.4, -0.2) is 93.1 Å². The Morgan fingerprint density at radius 3 is 1.38 bits per heavy atom. The topological polar surface area (TPSA) is 162 Å². The molecule has 0 aromatic rings. The molecule has 0 aromatic carbocycles. The Balaban J connectivity index is -0.000000568. The van der Waals surface area contributed by atoms with Crippen LogP contribution < -0.4 is 0 Å². The van der Waals surface area contributed by atoms with Crippen molar-refractivity contribution in [3.8, 4) is 0 Å². The fourth-order valence-electron chi connectivity index (χ4n) is 3.11. The van der Waals surface area contributed by atoms with E-state index in [1.807, 2.05) is 0 Å². The lowest BCUT2D eigenvalue weighted by Crippen LogP contribution is -2.32. The van der Waals surface area contributed by atoms with Crippen molar-refractivity contribution in [2.24, 2.45) is 0 Å². The summed E-state index contributed by atoms with van der Waals surface area (Å²) in [5.74, 6) is -0.664. The Morgan fingerprint density at radius 1 is 0.676 bits per heavy atom. The Labute approximate surface area is 207 Å². The van der Waals surface area contributed by atoms with Crippen molar-refractivity contribution in [3.63, 3.8) is 0 Å². The second kappa shape index (κ2) is 34.2. The van der Waals surface area contributed by atoms with Gasteiger partial charge in [-0.05, 0) is 32.1 Å². The van der Waals surface area contributed by atoms with E-state index < -0.39 is 13.3 Å². The number of carboxylic acid groups (broad SMARTS) is 1. The molecule has 34 heavy (non-hydrogen) atoms. The van der Waals surface area contributed by atoms with E-state index in [9.17, 15) is 4.79 Å². The van der Waals surface area contributed by atoms with Gasteiger partial charge < -0.3 is 35.5 Å². The summed E-state index contributed by atoms with van der Waals surface area (Å²) >= 11 is 0. The Kier molecular flexibility index (Phi) is 37.7. The van der Waals surface area contributed by atoms with Gasteiger partial charge in [-0.2, -0.15) is 0 Å². The molecule has 0 aliphatic carbocycles. The number of nitrogens with zero attached hydrogens (tertiary/aromatic N) is 1. The number of aliphatic hydroxyl groups excluding tert-OH is 3. The zero-order chi connectivity index (χ0) is 26.3. The molecule has 0 saturated heterocycles. The molecule has 0 aliphatic heterocycles. The summed E-state index contributed by atoms with van der Waals surface area (Å²) in [5.41, 5.74) is 0. The predicted molar refractivity (Wildman–Crippen MR) is 137 cm³/mol. The molecule has 0 radical (unpaired) electrons. The van der Waals surface area contributed by atoms with Gasteiger partial charge in [0.05, 0.1) is 19.8 Å². The SMILES string of the molecule is CCCCCCCC/C=C\CCCCCCCC(=O)O.OB(O)O.OCCN(CCO)CCO. The molecule has 0 rings (SSSR count). The standard InChI is InChI=1S/C18H34O2.C6H15NO3.BH3O3/c1-2-3-4-5-6-7-8-9-10-11-12-13-14-15-16-17-18(19)20;8-4-1-7(2-5-9)3-6-10;2-1(3)4/h9-10H,2-8,11-17H2,1H3,(H,19,20);8-10H,1-6H2;2-4H/b10-9-;;. The molecule has 0 saturated carbocycles. The lowest BCUT2D eigenvalue weighted by molar-refractivity contribution is -0.137. The van der Waals surface area contributed by atoms with Crippen LogP contribution in [0.3, 0.4) is 0 Å². The number of hydrogen-bond donors (Lipinski definition) is 7. The summed E-state index contributed by atoms with van der Waals surface area (Å²) < 4.78 is 0. The molecular weight excluding hydrogens is 441 g/mol. The summed E-state index contributed by atoms with van der Waals surface area (Å²) in [7, 11) is -2.17. The molecular formula is C24H52BNO8. The third kappa shape index (κ3) is 44.6. The van der Waals surface area contributed by atoms with Gasteiger partial charge >= 0.3 is 13.3 Å². The number of aliphatic carboxylic acids is 1. The third-order valence-electron chi connectivity index (χ3n) is 4.90. The molecule has 0 aromatic heterocycles. The van der Waals surface area contributed by atoms with Crippen LogP contribution in [0.15, 0.2) is 12.2 Å². The van der Waals surface area contributed by atoms with Crippen LogP contribution in [-0.2, 0) is 4.79 Å². The van der Waals surface area contributed by atoms with Crippen molar-refractivity contribution in [2.75, 3.05) is 39.5 Å². The highest BCUT2D eigenvalue weighted by Crippen LogP contribution is 2.09. The molecule has 0 amide bonds. The van der Waals surface area contributed by atoms with Crippen molar-refractivity contribution in [3.05, 3.63) is 12.2 Å². The van der Waals surface area contributed by atoms with E-state index in [1.165, 1.54) is 70.6 Å². The first-order chi connectivity index (χ1) is 16.3. The highest BCUT2D eigenvalue weighted by Gasteiger charge is 2.00. The van der Waals surface area contributed by atoms with Crippen molar-refractivity contribution in [1.82, 2.24) is 4.90 Å². The quantitative estimate of drug-likeness (QED) is 0.0723. The minimum atomic E-state index is -2.17. The number of hydrogen-bond acceptors (Lipinski definition) is 8. The van der Waals surface area contributed by atoms with Gasteiger partial charge in [-0.3, -0.25) is 9.69 Å². The van der Waals surface area contributed by atoms with Crippen molar-refractivity contribution >= 4 is 13.3 Å². The van der Waals surface area contributed by atoms with Gasteiger partial charge in [0.25, 0.3) is 0 Å². The number of carboxylic acids is 1. The number of aliphatic hydroxyl groups is 3.